The standard InChI is InChI=1S/C21H20FN3O2/c1-13-17-7-2-3-8-18(17)24-20(13)21(27)23-16-10-19(26)25(12-16)11-14-5-4-6-15(22)9-14/h2-9,16,24H,10-12H2,1H3,(H,23,27)/t16-/m1/s1. The molecule has 1 saturated heterocycles. The normalized spacial score (nSPS) is 16.9. The molecule has 0 aliphatic carbocycles. The molecule has 27 heavy (non-hydrogen) atoms. The number of aromatic amines is 1. The highest BCUT2D eigenvalue weighted by Crippen LogP contribution is 2.22. The van der Waals surface area contributed by atoms with E-state index < -0.39 is 0 Å². The lowest BCUT2D eigenvalue weighted by atomic mass is 10.1. The molecule has 138 valence electrons. The molecule has 1 atom stereocenters. The van der Waals surface area contributed by atoms with Crippen LogP contribution >= 0.6 is 0 Å². The van der Waals surface area contributed by atoms with Crippen molar-refractivity contribution in [1.29, 1.82) is 0 Å². The van der Waals surface area contributed by atoms with Crippen molar-refractivity contribution in [2.24, 2.45) is 0 Å². The van der Waals surface area contributed by atoms with Crippen LogP contribution in [0.3, 0.4) is 0 Å². The van der Waals surface area contributed by atoms with E-state index in [4.69, 9.17) is 0 Å². The summed E-state index contributed by atoms with van der Waals surface area (Å²) in [5.74, 6) is -0.578. The Kier molecular flexibility index (Phi) is 4.39. The highest BCUT2D eigenvalue weighted by Gasteiger charge is 2.31. The van der Waals surface area contributed by atoms with Crippen molar-refractivity contribution in [3.05, 3.63) is 71.2 Å². The zero-order valence-electron chi connectivity index (χ0n) is 15.0. The Labute approximate surface area is 156 Å². The van der Waals surface area contributed by atoms with Gasteiger partial charge in [-0.05, 0) is 36.2 Å². The molecule has 2 N–H and O–H groups in total. The first-order valence-electron chi connectivity index (χ1n) is 8.91. The van der Waals surface area contributed by atoms with Crippen molar-refractivity contribution in [3.8, 4) is 0 Å². The topological polar surface area (TPSA) is 65.2 Å². The van der Waals surface area contributed by atoms with Gasteiger partial charge in [-0.1, -0.05) is 30.3 Å². The van der Waals surface area contributed by atoms with Gasteiger partial charge in [-0.2, -0.15) is 0 Å². The molecule has 0 spiro atoms. The highest BCUT2D eigenvalue weighted by molar-refractivity contribution is 6.01. The molecule has 1 fully saturated rings. The van der Waals surface area contributed by atoms with Crippen molar-refractivity contribution in [2.75, 3.05) is 6.54 Å². The number of aromatic nitrogens is 1. The molecule has 6 heteroatoms. The Balaban J connectivity index is 1.44. The van der Waals surface area contributed by atoms with Crippen LogP contribution < -0.4 is 5.32 Å². The third-order valence-electron chi connectivity index (χ3n) is 5.00. The Hall–Kier alpha value is -3.15. The van der Waals surface area contributed by atoms with Crippen LogP contribution in [-0.4, -0.2) is 34.3 Å². The summed E-state index contributed by atoms with van der Waals surface area (Å²) in [5.41, 5.74) is 3.06. The summed E-state index contributed by atoms with van der Waals surface area (Å²) in [6, 6.07) is 13.7. The van der Waals surface area contributed by atoms with Gasteiger partial charge in [0.2, 0.25) is 5.91 Å². The zero-order valence-corrected chi connectivity index (χ0v) is 15.0. The number of H-pyrrole nitrogens is 1. The minimum absolute atomic E-state index is 0.0436. The number of carbonyl (C=O) groups is 2. The van der Waals surface area contributed by atoms with E-state index in [2.05, 4.69) is 10.3 Å². The summed E-state index contributed by atoms with van der Waals surface area (Å²) in [7, 11) is 0. The summed E-state index contributed by atoms with van der Waals surface area (Å²) >= 11 is 0. The first kappa shape index (κ1) is 17.3. The van der Waals surface area contributed by atoms with Gasteiger partial charge in [0.25, 0.3) is 5.91 Å². The number of para-hydroxylation sites is 1. The van der Waals surface area contributed by atoms with Crippen LogP contribution in [0.1, 0.15) is 28.0 Å². The van der Waals surface area contributed by atoms with E-state index in [0.717, 1.165) is 22.0 Å². The van der Waals surface area contributed by atoms with Crippen molar-refractivity contribution in [2.45, 2.75) is 25.9 Å². The van der Waals surface area contributed by atoms with Crippen LogP contribution in [0.2, 0.25) is 0 Å². The van der Waals surface area contributed by atoms with Crippen molar-refractivity contribution in [1.82, 2.24) is 15.2 Å². The summed E-state index contributed by atoms with van der Waals surface area (Å²) in [6.45, 7) is 2.67. The SMILES string of the molecule is Cc1c(C(=O)N[C@@H]2CC(=O)N(Cc3cccc(F)c3)C2)[nH]c2ccccc12. The lowest BCUT2D eigenvalue weighted by Crippen LogP contribution is -2.37. The van der Waals surface area contributed by atoms with Crippen LogP contribution in [0.25, 0.3) is 10.9 Å². The van der Waals surface area contributed by atoms with Gasteiger partial charge >= 0.3 is 0 Å². The Bertz CT molecular complexity index is 1030. The zero-order chi connectivity index (χ0) is 19.0. The Morgan fingerprint density at radius 2 is 2.07 bits per heavy atom. The van der Waals surface area contributed by atoms with Gasteiger partial charge in [0.1, 0.15) is 11.5 Å². The van der Waals surface area contributed by atoms with Crippen molar-refractivity contribution >= 4 is 22.7 Å². The van der Waals surface area contributed by atoms with E-state index in [1.54, 1.807) is 17.0 Å². The van der Waals surface area contributed by atoms with Gasteiger partial charge in [-0.25, -0.2) is 4.39 Å². The predicted molar refractivity (Wildman–Crippen MR) is 101 cm³/mol. The van der Waals surface area contributed by atoms with E-state index in [9.17, 15) is 14.0 Å². The molecule has 0 saturated carbocycles. The van der Waals surface area contributed by atoms with Gasteiger partial charge in [0.15, 0.2) is 0 Å². The van der Waals surface area contributed by atoms with E-state index >= 15 is 0 Å². The first-order chi connectivity index (χ1) is 13.0. The smallest absolute Gasteiger partial charge is 0.268 e. The fraction of sp³-hybridized carbons (Fsp3) is 0.238. The average molecular weight is 365 g/mol. The maximum Gasteiger partial charge on any atom is 0.268 e. The number of nitrogens with one attached hydrogen (secondary N) is 2. The van der Waals surface area contributed by atoms with Gasteiger partial charge in [0, 0.05) is 30.4 Å². The largest absolute Gasteiger partial charge is 0.350 e. The molecule has 0 radical (unpaired) electrons. The molecule has 1 aromatic heterocycles. The molecule has 2 aromatic carbocycles. The third kappa shape index (κ3) is 3.43. The number of hydrogen-bond donors (Lipinski definition) is 2. The number of hydrogen-bond acceptors (Lipinski definition) is 2. The molecule has 0 unspecified atom stereocenters. The number of amides is 2. The third-order valence-corrected chi connectivity index (χ3v) is 5.00. The fourth-order valence-corrected chi connectivity index (χ4v) is 3.64. The predicted octanol–water partition coefficient (Wildman–Crippen LogP) is 3.15. The Morgan fingerprint density at radius 3 is 2.85 bits per heavy atom. The van der Waals surface area contributed by atoms with Gasteiger partial charge in [-0.15, -0.1) is 0 Å². The van der Waals surface area contributed by atoms with Crippen LogP contribution in [0.5, 0.6) is 0 Å². The molecular weight excluding hydrogens is 345 g/mol. The van der Waals surface area contributed by atoms with Gasteiger partial charge < -0.3 is 15.2 Å². The maximum atomic E-state index is 13.3. The van der Waals surface area contributed by atoms with E-state index in [1.165, 1.54) is 12.1 Å². The minimum atomic E-state index is -0.321. The molecule has 0 bridgehead atoms. The molecule has 3 aromatic rings. The van der Waals surface area contributed by atoms with Crippen LogP contribution in [0.15, 0.2) is 48.5 Å². The number of rotatable bonds is 4. The lowest BCUT2D eigenvalue weighted by Gasteiger charge is -2.17. The minimum Gasteiger partial charge on any atom is -0.350 e. The Morgan fingerprint density at radius 1 is 1.26 bits per heavy atom. The number of fused-ring (bicyclic) bond motifs is 1. The second-order valence-corrected chi connectivity index (χ2v) is 6.95. The van der Waals surface area contributed by atoms with Gasteiger partial charge in [-0.3, -0.25) is 9.59 Å². The fourth-order valence-electron chi connectivity index (χ4n) is 3.64. The highest BCUT2D eigenvalue weighted by atomic mass is 19.1. The molecule has 2 amide bonds. The average Bonchev–Trinajstić information content (AvgIpc) is 3.15. The number of benzene rings is 2. The second-order valence-electron chi connectivity index (χ2n) is 6.95. The van der Waals surface area contributed by atoms with Crippen LogP contribution in [0, 0.1) is 12.7 Å². The summed E-state index contributed by atoms with van der Waals surface area (Å²) in [4.78, 5) is 29.8. The van der Waals surface area contributed by atoms with E-state index in [1.807, 2.05) is 31.2 Å². The number of likely N-dealkylation sites (tertiary alicyclic amines) is 1. The summed E-state index contributed by atoms with van der Waals surface area (Å²) in [6.07, 6.45) is 0.250. The molecule has 4 rings (SSSR count). The van der Waals surface area contributed by atoms with E-state index in [-0.39, 0.29) is 30.1 Å². The quantitative estimate of drug-likeness (QED) is 0.746. The lowest BCUT2D eigenvalue weighted by molar-refractivity contribution is -0.128. The van der Waals surface area contributed by atoms with Crippen LogP contribution in [0.4, 0.5) is 4.39 Å². The number of aryl methyl sites for hydroxylation is 1. The molecule has 5 nitrogen and oxygen atoms in total. The molecule has 1 aliphatic heterocycles. The number of nitrogens with zero attached hydrogens (tertiary/aromatic N) is 1. The summed E-state index contributed by atoms with van der Waals surface area (Å²) in [5, 5.41) is 3.96. The monoisotopic (exact) mass is 365 g/mol. The van der Waals surface area contributed by atoms with E-state index in [0.29, 0.717) is 18.8 Å². The second kappa shape index (κ2) is 6.87. The number of halogens is 1. The van der Waals surface area contributed by atoms with Crippen molar-refractivity contribution in [3.63, 3.8) is 0 Å². The first-order valence-corrected chi connectivity index (χ1v) is 8.91. The van der Waals surface area contributed by atoms with Gasteiger partial charge in [0.05, 0.1) is 6.04 Å². The number of carbonyl (C=O) groups excluding carboxylic acids is 2. The maximum absolute atomic E-state index is 13.3. The molecule has 1 aliphatic rings. The van der Waals surface area contributed by atoms with Crippen LogP contribution in [-0.2, 0) is 11.3 Å². The summed E-state index contributed by atoms with van der Waals surface area (Å²) < 4.78 is 13.3. The van der Waals surface area contributed by atoms with Crippen molar-refractivity contribution < 1.29 is 14.0 Å². The molecule has 2 heterocycles. The molecular formula is C21H20FN3O2.